The number of aryl methyl sites for hydroxylation is 2. The first kappa shape index (κ1) is 23.3. The monoisotopic (exact) mass is 452 g/mol. The number of ether oxygens (including phenoxy) is 1. The van der Waals surface area contributed by atoms with Gasteiger partial charge in [0.15, 0.2) is 0 Å². The highest BCUT2D eigenvalue weighted by Crippen LogP contribution is 2.31. The van der Waals surface area contributed by atoms with Gasteiger partial charge in [-0.15, -0.1) is 0 Å². The largest absolute Gasteiger partial charge is 0.492 e. The van der Waals surface area contributed by atoms with Gasteiger partial charge in [-0.3, -0.25) is 9.52 Å². The molecule has 0 aliphatic carbocycles. The van der Waals surface area contributed by atoms with Gasteiger partial charge in [-0.1, -0.05) is 50.2 Å². The molecule has 3 rings (SSSR count). The van der Waals surface area contributed by atoms with Crippen molar-refractivity contribution in [1.29, 1.82) is 0 Å². The molecule has 2 N–H and O–H groups in total. The van der Waals surface area contributed by atoms with Crippen LogP contribution in [-0.2, 0) is 22.9 Å². The lowest BCUT2D eigenvalue weighted by Crippen LogP contribution is -2.17. The minimum absolute atomic E-state index is 0.0391. The predicted octanol–water partition coefficient (Wildman–Crippen LogP) is 5.26. The van der Waals surface area contributed by atoms with Crippen LogP contribution in [0.3, 0.4) is 0 Å². The van der Waals surface area contributed by atoms with E-state index in [1.807, 2.05) is 45.0 Å². The van der Waals surface area contributed by atoms with E-state index in [0.29, 0.717) is 42.1 Å². The Hall–Kier alpha value is -3.32. The van der Waals surface area contributed by atoms with Crippen LogP contribution < -0.4 is 14.8 Å². The second-order valence-corrected chi connectivity index (χ2v) is 8.86. The lowest BCUT2D eigenvalue weighted by molar-refractivity contribution is 0.102. The molecule has 0 aliphatic heterocycles. The number of carbonyl (C=O) groups excluding carboxylic acids is 1. The van der Waals surface area contributed by atoms with Crippen molar-refractivity contribution >= 4 is 27.3 Å². The molecule has 0 bridgehead atoms. The molecule has 32 heavy (non-hydrogen) atoms. The summed E-state index contributed by atoms with van der Waals surface area (Å²) in [5, 5.41) is 2.78. The Bertz CT molecular complexity index is 1170. The fourth-order valence-electron chi connectivity index (χ4n) is 3.41. The molecule has 0 aromatic heterocycles. The number of rotatable bonds is 9. The topological polar surface area (TPSA) is 84.5 Å². The number of para-hydroxylation sites is 1. The molecule has 0 aliphatic rings. The standard InChI is InChI=1S/C25H28N2O4S/c1-4-18-13-10-14-19(5-2)24(18)27-32(29,30)21-15-16-23(31-6-3)22(17-21)26-25(28)20-11-8-7-9-12-20/h7-17,27H,4-6H2,1-3H3,(H,26,28). The fourth-order valence-corrected chi connectivity index (χ4v) is 4.58. The van der Waals surface area contributed by atoms with Crippen LogP contribution in [0.1, 0.15) is 42.3 Å². The van der Waals surface area contributed by atoms with Crippen LogP contribution in [0.15, 0.2) is 71.6 Å². The number of sulfonamides is 1. The summed E-state index contributed by atoms with van der Waals surface area (Å²) >= 11 is 0. The second-order valence-electron chi connectivity index (χ2n) is 7.17. The van der Waals surface area contributed by atoms with Gasteiger partial charge in [-0.05, 0) is 61.2 Å². The zero-order valence-electron chi connectivity index (χ0n) is 18.5. The third-order valence-corrected chi connectivity index (χ3v) is 6.43. The normalized spacial score (nSPS) is 11.1. The van der Waals surface area contributed by atoms with Crippen LogP contribution in [0.5, 0.6) is 5.75 Å². The van der Waals surface area contributed by atoms with Crippen LogP contribution in [0.2, 0.25) is 0 Å². The molecule has 3 aromatic carbocycles. The van der Waals surface area contributed by atoms with Crippen molar-refractivity contribution in [3.05, 3.63) is 83.4 Å². The summed E-state index contributed by atoms with van der Waals surface area (Å²) in [5.74, 6) is 0.0533. The van der Waals surface area contributed by atoms with Crippen LogP contribution in [0, 0.1) is 0 Å². The van der Waals surface area contributed by atoms with Gasteiger partial charge >= 0.3 is 0 Å². The number of amides is 1. The van der Waals surface area contributed by atoms with E-state index in [0.717, 1.165) is 11.1 Å². The first-order chi connectivity index (χ1) is 15.4. The zero-order chi connectivity index (χ0) is 23.1. The van der Waals surface area contributed by atoms with Gasteiger partial charge in [0.2, 0.25) is 0 Å². The maximum atomic E-state index is 13.3. The highest BCUT2D eigenvalue weighted by molar-refractivity contribution is 7.92. The van der Waals surface area contributed by atoms with Crippen LogP contribution >= 0.6 is 0 Å². The number of hydrogen-bond acceptors (Lipinski definition) is 4. The highest BCUT2D eigenvalue weighted by Gasteiger charge is 2.20. The predicted molar refractivity (Wildman–Crippen MR) is 128 cm³/mol. The van der Waals surface area contributed by atoms with E-state index in [2.05, 4.69) is 10.0 Å². The van der Waals surface area contributed by atoms with E-state index >= 15 is 0 Å². The Morgan fingerprint density at radius 3 is 2.12 bits per heavy atom. The number of hydrogen-bond donors (Lipinski definition) is 2. The fraction of sp³-hybridized carbons (Fsp3) is 0.240. The van der Waals surface area contributed by atoms with E-state index < -0.39 is 10.0 Å². The van der Waals surface area contributed by atoms with E-state index in [-0.39, 0.29) is 10.8 Å². The molecular weight excluding hydrogens is 424 g/mol. The molecule has 0 saturated heterocycles. The Morgan fingerprint density at radius 2 is 1.53 bits per heavy atom. The molecule has 7 heteroatoms. The molecule has 0 spiro atoms. The van der Waals surface area contributed by atoms with Crippen molar-refractivity contribution < 1.29 is 17.9 Å². The van der Waals surface area contributed by atoms with Crippen molar-refractivity contribution in [2.45, 2.75) is 38.5 Å². The molecule has 3 aromatic rings. The van der Waals surface area contributed by atoms with Gasteiger partial charge in [0.1, 0.15) is 5.75 Å². The van der Waals surface area contributed by atoms with Crippen molar-refractivity contribution in [2.75, 3.05) is 16.6 Å². The van der Waals surface area contributed by atoms with E-state index in [4.69, 9.17) is 4.74 Å². The number of benzene rings is 3. The van der Waals surface area contributed by atoms with Crippen molar-refractivity contribution in [1.82, 2.24) is 0 Å². The van der Waals surface area contributed by atoms with E-state index in [1.54, 1.807) is 30.3 Å². The Labute approximate surface area is 189 Å². The lowest BCUT2D eigenvalue weighted by atomic mass is 10.0. The SMILES string of the molecule is CCOc1ccc(S(=O)(=O)Nc2c(CC)cccc2CC)cc1NC(=O)c1ccccc1. The first-order valence-corrected chi connectivity index (χ1v) is 12.1. The first-order valence-electron chi connectivity index (χ1n) is 10.7. The van der Waals surface area contributed by atoms with Gasteiger partial charge in [0.05, 0.1) is 22.9 Å². The summed E-state index contributed by atoms with van der Waals surface area (Å²) in [6, 6.07) is 19.0. The Kier molecular flexibility index (Phi) is 7.53. The quantitative estimate of drug-likeness (QED) is 0.464. The van der Waals surface area contributed by atoms with Gasteiger partial charge in [-0.2, -0.15) is 0 Å². The van der Waals surface area contributed by atoms with Crippen LogP contribution in [0.4, 0.5) is 11.4 Å². The van der Waals surface area contributed by atoms with Gasteiger partial charge in [0.25, 0.3) is 15.9 Å². The maximum Gasteiger partial charge on any atom is 0.261 e. The van der Waals surface area contributed by atoms with Crippen molar-refractivity contribution in [3.8, 4) is 5.75 Å². The molecule has 0 atom stereocenters. The molecule has 1 amide bonds. The molecule has 0 heterocycles. The molecular formula is C25H28N2O4S. The summed E-state index contributed by atoms with van der Waals surface area (Å²) < 4.78 is 34.9. The molecule has 0 fully saturated rings. The number of anilines is 2. The smallest absolute Gasteiger partial charge is 0.261 e. The summed E-state index contributed by atoms with van der Waals surface area (Å²) in [5.41, 5.74) is 3.23. The molecule has 0 unspecified atom stereocenters. The van der Waals surface area contributed by atoms with Crippen LogP contribution in [-0.4, -0.2) is 20.9 Å². The number of carbonyl (C=O) groups is 1. The van der Waals surface area contributed by atoms with Crippen molar-refractivity contribution in [2.24, 2.45) is 0 Å². The molecule has 6 nitrogen and oxygen atoms in total. The van der Waals surface area contributed by atoms with Gasteiger partial charge in [-0.25, -0.2) is 8.42 Å². The average Bonchev–Trinajstić information content (AvgIpc) is 2.80. The summed E-state index contributed by atoms with van der Waals surface area (Å²) in [6.45, 7) is 6.17. The van der Waals surface area contributed by atoms with E-state index in [9.17, 15) is 13.2 Å². The second kappa shape index (κ2) is 10.3. The van der Waals surface area contributed by atoms with Crippen molar-refractivity contribution in [3.63, 3.8) is 0 Å². The number of nitrogens with one attached hydrogen (secondary N) is 2. The lowest BCUT2D eigenvalue weighted by Gasteiger charge is -2.17. The third-order valence-electron chi connectivity index (χ3n) is 5.08. The molecule has 0 radical (unpaired) electrons. The average molecular weight is 453 g/mol. The minimum atomic E-state index is -3.89. The minimum Gasteiger partial charge on any atom is -0.492 e. The third kappa shape index (κ3) is 5.29. The van der Waals surface area contributed by atoms with Gasteiger partial charge < -0.3 is 10.1 Å². The van der Waals surface area contributed by atoms with Gasteiger partial charge in [0, 0.05) is 5.56 Å². The zero-order valence-corrected chi connectivity index (χ0v) is 19.3. The summed E-state index contributed by atoms with van der Waals surface area (Å²) in [6.07, 6.45) is 1.40. The Balaban J connectivity index is 1.97. The van der Waals surface area contributed by atoms with Crippen LogP contribution in [0.25, 0.3) is 0 Å². The highest BCUT2D eigenvalue weighted by atomic mass is 32.2. The molecule has 168 valence electrons. The van der Waals surface area contributed by atoms with E-state index in [1.165, 1.54) is 12.1 Å². The summed E-state index contributed by atoms with van der Waals surface area (Å²) in [4.78, 5) is 12.7. The molecule has 0 saturated carbocycles. The summed E-state index contributed by atoms with van der Waals surface area (Å²) in [7, 11) is -3.89. The Morgan fingerprint density at radius 1 is 0.875 bits per heavy atom. The maximum absolute atomic E-state index is 13.3.